The van der Waals surface area contributed by atoms with Crippen LogP contribution in [0.2, 0.25) is 0 Å². The normalized spacial score (nSPS) is 12.5. The zero-order chi connectivity index (χ0) is 12.2. The highest BCUT2D eigenvalue weighted by Crippen LogP contribution is 2.13. The van der Waals surface area contributed by atoms with E-state index in [1.54, 1.807) is 0 Å². The number of amides is 1. The average Bonchev–Trinajstić information content (AvgIpc) is 2.25. The van der Waals surface area contributed by atoms with Crippen LogP contribution in [0.4, 0.5) is 0 Å². The van der Waals surface area contributed by atoms with E-state index in [4.69, 9.17) is 5.73 Å². The maximum absolute atomic E-state index is 11.6. The van der Waals surface area contributed by atoms with Gasteiger partial charge < -0.3 is 11.1 Å². The number of halogens is 1. The molecule has 1 aromatic carbocycles. The second-order valence-corrected chi connectivity index (χ2v) is 4.98. The first-order valence-electron chi connectivity index (χ1n) is 5.50. The molecule has 3 nitrogen and oxygen atoms in total. The molecule has 0 saturated heterocycles. The van der Waals surface area contributed by atoms with Gasteiger partial charge in [0.2, 0.25) is 5.91 Å². The molecule has 0 spiro atoms. The minimum atomic E-state index is -0.365. The summed E-state index contributed by atoms with van der Waals surface area (Å²) in [7, 11) is 0. The summed E-state index contributed by atoms with van der Waals surface area (Å²) in [5.74, 6) is 0.0267. The highest BCUT2D eigenvalue weighted by molar-refractivity contribution is 5.85. The van der Waals surface area contributed by atoms with Crippen LogP contribution >= 0.6 is 12.4 Å². The second-order valence-electron chi connectivity index (χ2n) is 4.98. The molecule has 17 heavy (non-hydrogen) atoms. The van der Waals surface area contributed by atoms with Crippen molar-refractivity contribution >= 4 is 18.3 Å². The van der Waals surface area contributed by atoms with Crippen LogP contribution < -0.4 is 11.1 Å². The molecule has 0 aliphatic rings. The van der Waals surface area contributed by atoms with E-state index < -0.39 is 0 Å². The summed E-state index contributed by atoms with van der Waals surface area (Å²) in [5, 5.41) is 2.86. The number of carbonyl (C=O) groups excluding carboxylic acids is 1. The van der Waals surface area contributed by atoms with Crippen LogP contribution in [0.15, 0.2) is 30.3 Å². The summed E-state index contributed by atoms with van der Waals surface area (Å²) < 4.78 is 0. The molecule has 0 fully saturated rings. The minimum absolute atomic E-state index is 0. The van der Waals surface area contributed by atoms with Crippen LogP contribution in [0.3, 0.4) is 0 Å². The number of benzene rings is 1. The van der Waals surface area contributed by atoms with Gasteiger partial charge in [0.05, 0.1) is 0 Å². The van der Waals surface area contributed by atoms with E-state index >= 15 is 0 Å². The quantitative estimate of drug-likeness (QED) is 0.872. The fourth-order valence-electron chi connectivity index (χ4n) is 1.29. The first-order valence-corrected chi connectivity index (χ1v) is 5.50. The van der Waals surface area contributed by atoms with Crippen LogP contribution in [-0.4, -0.2) is 12.5 Å². The van der Waals surface area contributed by atoms with Crippen LogP contribution in [0.5, 0.6) is 0 Å². The molecule has 0 heterocycles. The van der Waals surface area contributed by atoms with E-state index in [-0.39, 0.29) is 29.8 Å². The summed E-state index contributed by atoms with van der Waals surface area (Å²) >= 11 is 0. The van der Waals surface area contributed by atoms with Gasteiger partial charge in [-0.2, -0.15) is 0 Å². The predicted molar refractivity (Wildman–Crippen MR) is 73.1 cm³/mol. The summed E-state index contributed by atoms with van der Waals surface area (Å²) in [4.78, 5) is 11.6. The molecule has 0 aromatic heterocycles. The summed E-state index contributed by atoms with van der Waals surface area (Å²) in [6.07, 6.45) is 0. The van der Waals surface area contributed by atoms with Crippen molar-refractivity contribution in [3.63, 3.8) is 0 Å². The average molecular weight is 257 g/mol. The van der Waals surface area contributed by atoms with E-state index in [9.17, 15) is 4.79 Å². The zero-order valence-corrected chi connectivity index (χ0v) is 11.4. The van der Waals surface area contributed by atoms with Crippen molar-refractivity contribution < 1.29 is 4.79 Å². The number of hydrogen-bond donors (Lipinski definition) is 2. The lowest BCUT2D eigenvalue weighted by molar-refractivity contribution is -0.128. The molecule has 0 radical (unpaired) electrons. The lowest BCUT2D eigenvalue weighted by Gasteiger charge is -2.20. The molecule has 0 aliphatic carbocycles. The minimum Gasteiger partial charge on any atom is -0.354 e. The molecule has 4 heteroatoms. The maximum Gasteiger partial charge on any atom is 0.225 e. The lowest BCUT2D eigenvalue weighted by Crippen LogP contribution is -2.38. The number of rotatable bonds is 3. The van der Waals surface area contributed by atoms with Crippen molar-refractivity contribution in [2.45, 2.75) is 26.8 Å². The molecule has 1 atom stereocenters. The molecule has 1 rings (SSSR count). The fraction of sp³-hybridized carbons (Fsp3) is 0.462. The van der Waals surface area contributed by atoms with Gasteiger partial charge in [0.25, 0.3) is 0 Å². The number of carbonyl (C=O) groups is 1. The largest absolute Gasteiger partial charge is 0.354 e. The van der Waals surface area contributed by atoms with E-state index in [2.05, 4.69) is 5.32 Å². The Balaban J connectivity index is 0.00000256. The van der Waals surface area contributed by atoms with Gasteiger partial charge >= 0.3 is 0 Å². The molecule has 96 valence electrons. The highest BCUT2D eigenvalue weighted by Gasteiger charge is 2.21. The summed E-state index contributed by atoms with van der Waals surface area (Å²) in [6, 6.07) is 9.63. The molecule has 0 bridgehead atoms. The molecule has 3 N–H and O–H groups in total. The molecule has 1 amide bonds. The van der Waals surface area contributed by atoms with E-state index in [0.717, 1.165) is 5.56 Å². The Morgan fingerprint density at radius 3 is 2.29 bits per heavy atom. The first kappa shape index (κ1) is 15.9. The SMILES string of the molecule is CC(C)(C)C(=O)NCC(N)c1ccccc1.Cl. The first-order chi connectivity index (χ1) is 7.41. The Morgan fingerprint density at radius 2 is 1.82 bits per heavy atom. The topological polar surface area (TPSA) is 55.1 Å². The highest BCUT2D eigenvalue weighted by atomic mass is 35.5. The second kappa shape index (κ2) is 6.62. The zero-order valence-electron chi connectivity index (χ0n) is 10.6. The summed E-state index contributed by atoms with van der Waals surface area (Å²) in [6.45, 7) is 6.13. The molecular formula is C13H21ClN2O. The van der Waals surface area contributed by atoms with Gasteiger partial charge in [0.1, 0.15) is 0 Å². The third-order valence-electron chi connectivity index (χ3n) is 2.39. The van der Waals surface area contributed by atoms with Gasteiger partial charge in [-0.05, 0) is 5.56 Å². The van der Waals surface area contributed by atoms with Crippen molar-refractivity contribution in [3.8, 4) is 0 Å². The van der Waals surface area contributed by atoms with Crippen LogP contribution in [-0.2, 0) is 4.79 Å². The maximum atomic E-state index is 11.6. The molecule has 0 saturated carbocycles. The van der Waals surface area contributed by atoms with Gasteiger partial charge in [0.15, 0.2) is 0 Å². The van der Waals surface area contributed by atoms with Gasteiger partial charge in [-0.15, -0.1) is 12.4 Å². The van der Waals surface area contributed by atoms with Gasteiger partial charge in [-0.1, -0.05) is 51.1 Å². The number of nitrogens with one attached hydrogen (secondary N) is 1. The summed E-state index contributed by atoms with van der Waals surface area (Å²) in [5.41, 5.74) is 6.65. The monoisotopic (exact) mass is 256 g/mol. The fourth-order valence-corrected chi connectivity index (χ4v) is 1.29. The van der Waals surface area contributed by atoms with Gasteiger partial charge in [0, 0.05) is 18.0 Å². The number of hydrogen-bond acceptors (Lipinski definition) is 2. The third-order valence-corrected chi connectivity index (χ3v) is 2.39. The van der Waals surface area contributed by atoms with Crippen molar-refractivity contribution in [2.24, 2.45) is 11.1 Å². The van der Waals surface area contributed by atoms with Gasteiger partial charge in [-0.25, -0.2) is 0 Å². The van der Waals surface area contributed by atoms with Crippen molar-refractivity contribution in [2.75, 3.05) is 6.54 Å². The van der Waals surface area contributed by atoms with Crippen LogP contribution in [0, 0.1) is 5.41 Å². The Morgan fingerprint density at radius 1 is 1.29 bits per heavy atom. The van der Waals surface area contributed by atoms with E-state index in [1.807, 2.05) is 51.1 Å². The Kier molecular flexibility index (Phi) is 6.21. The molecule has 1 aromatic rings. The van der Waals surface area contributed by atoms with E-state index in [0.29, 0.717) is 6.54 Å². The smallest absolute Gasteiger partial charge is 0.225 e. The predicted octanol–water partition coefficient (Wildman–Crippen LogP) is 2.27. The molecular weight excluding hydrogens is 236 g/mol. The van der Waals surface area contributed by atoms with Crippen LogP contribution in [0.25, 0.3) is 0 Å². The molecule has 0 aliphatic heterocycles. The van der Waals surface area contributed by atoms with Crippen LogP contribution in [0.1, 0.15) is 32.4 Å². The number of nitrogens with two attached hydrogens (primary N) is 1. The lowest BCUT2D eigenvalue weighted by atomic mass is 9.95. The van der Waals surface area contributed by atoms with E-state index in [1.165, 1.54) is 0 Å². The Hall–Kier alpha value is -1.06. The Bertz CT molecular complexity index is 346. The van der Waals surface area contributed by atoms with Crippen molar-refractivity contribution in [1.29, 1.82) is 0 Å². The third kappa shape index (κ3) is 5.20. The molecule has 1 unspecified atom stereocenters. The van der Waals surface area contributed by atoms with Crippen molar-refractivity contribution in [3.05, 3.63) is 35.9 Å². The van der Waals surface area contributed by atoms with Crippen molar-refractivity contribution in [1.82, 2.24) is 5.32 Å². The van der Waals surface area contributed by atoms with Gasteiger partial charge in [-0.3, -0.25) is 4.79 Å². The Labute approximate surface area is 109 Å². The standard InChI is InChI=1S/C13H20N2O.ClH/c1-13(2,3)12(16)15-9-11(14)10-7-5-4-6-8-10;/h4-8,11H,9,14H2,1-3H3,(H,15,16);1H.